The summed E-state index contributed by atoms with van der Waals surface area (Å²) in [6.07, 6.45) is 2.01. The Morgan fingerprint density at radius 2 is 2.06 bits per heavy atom. The van der Waals surface area contributed by atoms with Crippen LogP contribution in [0, 0.1) is 5.92 Å². The summed E-state index contributed by atoms with van der Waals surface area (Å²) in [5.74, 6) is 0.426. The van der Waals surface area contributed by atoms with E-state index in [2.05, 4.69) is 17.6 Å². The van der Waals surface area contributed by atoms with E-state index in [9.17, 15) is 9.00 Å². The summed E-state index contributed by atoms with van der Waals surface area (Å²) < 4.78 is 12.1. The zero-order chi connectivity index (χ0) is 13.0. The Bertz CT molecular complexity index is 294. The number of carbonyl (C=O) groups is 1. The molecule has 0 spiro atoms. The van der Waals surface area contributed by atoms with Gasteiger partial charge in [0.1, 0.15) is 5.75 Å². The average Bonchev–Trinajstić information content (AvgIpc) is 2.57. The van der Waals surface area contributed by atoms with Gasteiger partial charge in [-0.05, 0) is 39.7 Å². The van der Waals surface area contributed by atoms with Gasteiger partial charge in [0.25, 0.3) is 0 Å². The molecule has 100 valence electrons. The summed E-state index contributed by atoms with van der Waals surface area (Å²) >= 11 is 0. The van der Waals surface area contributed by atoms with Crippen molar-refractivity contribution in [2.24, 2.45) is 5.92 Å². The normalized spacial score (nSPS) is 30.5. The van der Waals surface area contributed by atoms with Crippen molar-refractivity contribution in [1.29, 1.82) is 0 Å². The smallest absolute Gasteiger partial charge is 0.232 e. The molecular weight excluding hydrogens is 236 g/mol. The van der Waals surface area contributed by atoms with Gasteiger partial charge in [0.05, 0.1) is 0 Å². The van der Waals surface area contributed by atoms with Gasteiger partial charge in [-0.15, -0.1) is 0 Å². The Balaban J connectivity index is 2.46. The molecule has 0 aliphatic heterocycles. The molecule has 1 fully saturated rings. The van der Waals surface area contributed by atoms with Gasteiger partial charge in [0.15, 0.2) is 0 Å². The molecule has 1 aliphatic rings. The third-order valence-corrected chi connectivity index (χ3v) is 5.30. The minimum atomic E-state index is -1.05. The first kappa shape index (κ1) is 14.6. The highest BCUT2D eigenvalue weighted by atomic mass is 32.2. The van der Waals surface area contributed by atoms with Crippen LogP contribution in [0.1, 0.15) is 33.6 Å². The monoisotopic (exact) mass is 260 g/mol. The van der Waals surface area contributed by atoms with Crippen molar-refractivity contribution in [3.05, 3.63) is 0 Å². The molecule has 0 radical (unpaired) electrons. The number of hydrogen-bond donors (Lipinski definition) is 2. The van der Waals surface area contributed by atoms with Crippen molar-refractivity contribution in [3.8, 4) is 0 Å². The van der Waals surface area contributed by atoms with Gasteiger partial charge in [-0.25, -0.2) is 0 Å². The maximum absolute atomic E-state index is 12.1. The number of amides is 1. The van der Waals surface area contributed by atoms with E-state index in [4.69, 9.17) is 0 Å². The van der Waals surface area contributed by atoms with Crippen molar-refractivity contribution >= 4 is 16.7 Å². The second kappa shape index (κ2) is 6.50. The largest absolute Gasteiger partial charge is 0.353 e. The molecule has 1 saturated carbocycles. The fourth-order valence-corrected chi connectivity index (χ4v) is 4.13. The highest BCUT2D eigenvalue weighted by Gasteiger charge is 2.36. The van der Waals surface area contributed by atoms with Crippen LogP contribution in [-0.2, 0) is 15.6 Å². The summed E-state index contributed by atoms with van der Waals surface area (Å²) in [7, 11) is 0.896. The van der Waals surface area contributed by atoms with E-state index in [0.29, 0.717) is 12.0 Å². The molecule has 17 heavy (non-hydrogen) atoms. The van der Waals surface area contributed by atoms with Crippen molar-refractivity contribution in [2.75, 3.05) is 12.8 Å². The van der Waals surface area contributed by atoms with E-state index < -0.39 is 10.8 Å². The molecule has 0 aromatic heterocycles. The molecule has 2 N–H and O–H groups in total. The fraction of sp³-hybridized carbons (Fsp3) is 0.917. The summed E-state index contributed by atoms with van der Waals surface area (Å²) in [4.78, 5) is 11.6. The zero-order valence-electron chi connectivity index (χ0n) is 11.2. The molecule has 0 heterocycles. The molecule has 0 bridgehead atoms. The number of rotatable bonds is 5. The maximum atomic E-state index is 12.1. The Hall–Kier alpha value is -0.420. The standard InChI is InChI=1S/C12H24N2O2S/c1-8(2)14-12(15)7-17(16)11-6-5-10(13-4)9(11)3/h8-11,13H,5-7H2,1-4H3,(H,14,15). The number of carbonyl (C=O) groups excluding carboxylic acids is 1. The van der Waals surface area contributed by atoms with Crippen LogP contribution in [-0.4, -0.2) is 40.3 Å². The quantitative estimate of drug-likeness (QED) is 0.763. The Labute approximate surface area is 106 Å². The summed E-state index contributed by atoms with van der Waals surface area (Å²) in [5, 5.41) is 6.20. The lowest BCUT2D eigenvalue weighted by atomic mass is 10.1. The predicted octanol–water partition coefficient (Wildman–Crippen LogP) is 0.646. The first-order chi connectivity index (χ1) is 7.95. The van der Waals surface area contributed by atoms with Crippen LogP contribution in [0.5, 0.6) is 0 Å². The number of nitrogens with one attached hydrogen (secondary N) is 2. The van der Waals surface area contributed by atoms with Gasteiger partial charge < -0.3 is 10.6 Å². The Morgan fingerprint density at radius 3 is 2.53 bits per heavy atom. The SMILES string of the molecule is CNC1CCC(S(=O)CC(=O)NC(C)C)C1C. The summed E-state index contributed by atoms with van der Waals surface area (Å²) in [6, 6.07) is 0.558. The van der Waals surface area contributed by atoms with E-state index in [1.807, 2.05) is 20.9 Å². The van der Waals surface area contributed by atoms with Crippen molar-refractivity contribution in [2.45, 2.75) is 50.9 Å². The van der Waals surface area contributed by atoms with Crippen LogP contribution in [0.2, 0.25) is 0 Å². The molecule has 4 nitrogen and oxygen atoms in total. The van der Waals surface area contributed by atoms with Crippen molar-refractivity contribution in [1.82, 2.24) is 10.6 Å². The van der Waals surface area contributed by atoms with E-state index in [0.717, 1.165) is 12.8 Å². The minimum absolute atomic E-state index is 0.0987. The van der Waals surface area contributed by atoms with Crippen LogP contribution in [0.15, 0.2) is 0 Å². The highest BCUT2D eigenvalue weighted by molar-refractivity contribution is 7.86. The van der Waals surface area contributed by atoms with Gasteiger partial charge in [-0.1, -0.05) is 6.92 Å². The lowest BCUT2D eigenvalue weighted by Crippen LogP contribution is -2.38. The maximum Gasteiger partial charge on any atom is 0.232 e. The highest BCUT2D eigenvalue weighted by Crippen LogP contribution is 2.29. The van der Waals surface area contributed by atoms with Gasteiger partial charge in [0, 0.05) is 28.1 Å². The van der Waals surface area contributed by atoms with Crippen LogP contribution in [0.25, 0.3) is 0 Å². The molecule has 5 heteroatoms. The molecule has 1 aliphatic carbocycles. The minimum Gasteiger partial charge on any atom is -0.353 e. The van der Waals surface area contributed by atoms with Crippen LogP contribution in [0.3, 0.4) is 0 Å². The third kappa shape index (κ3) is 4.07. The third-order valence-electron chi connectivity index (χ3n) is 3.41. The second-order valence-corrected chi connectivity index (χ2v) is 6.77. The topological polar surface area (TPSA) is 58.2 Å². The van der Waals surface area contributed by atoms with Crippen molar-refractivity contribution in [3.63, 3.8) is 0 Å². The molecule has 1 rings (SSSR count). The van der Waals surface area contributed by atoms with E-state index in [1.165, 1.54) is 0 Å². The molecule has 4 unspecified atom stereocenters. The molecule has 0 saturated heterocycles. The fourth-order valence-electron chi connectivity index (χ4n) is 2.51. The molecule has 4 atom stereocenters. The van der Waals surface area contributed by atoms with Crippen LogP contribution in [0.4, 0.5) is 0 Å². The first-order valence-corrected chi connectivity index (χ1v) is 7.67. The summed E-state index contributed by atoms with van der Waals surface area (Å²) in [6.45, 7) is 5.95. The van der Waals surface area contributed by atoms with Gasteiger partial charge in [-0.3, -0.25) is 9.00 Å². The average molecular weight is 260 g/mol. The summed E-state index contributed by atoms with van der Waals surface area (Å²) in [5.41, 5.74) is 0. The van der Waals surface area contributed by atoms with E-state index >= 15 is 0 Å². The Morgan fingerprint density at radius 1 is 1.41 bits per heavy atom. The molecule has 1 amide bonds. The predicted molar refractivity (Wildman–Crippen MR) is 71.3 cm³/mol. The zero-order valence-corrected chi connectivity index (χ0v) is 12.0. The van der Waals surface area contributed by atoms with E-state index in [1.54, 1.807) is 0 Å². The van der Waals surface area contributed by atoms with Crippen molar-refractivity contribution < 1.29 is 9.00 Å². The van der Waals surface area contributed by atoms with Gasteiger partial charge in [-0.2, -0.15) is 0 Å². The molecule has 0 aromatic rings. The lowest BCUT2D eigenvalue weighted by Gasteiger charge is -2.19. The number of hydrogen-bond acceptors (Lipinski definition) is 3. The molecular formula is C12H24N2O2S. The van der Waals surface area contributed by atoms with Gasteiger partial charge >= 0.3 is 0 Å². The van der Waals surface area contributed by atoms with Crippen LogP contribution < -0.4 is 10.6 Å². The Kier molecular flexibility index (Phi) is 5.59. The van der Waals surface area contributed by atoms with E-state index in [-0.39, 0.29) is 23.0 Å². The van der Waals surface area contributed by atoms with Gasteiger partial charge in [0.2, 0.25) is 5.91 Å². The second-order valence-electron chi connectivity index (χ2n) is 5.12. The lowest BCUT2D eigenvalue weighted by molar-refractivity contribution is -0.119. The molecule has 0 aromatic carbocycles. The van der Waals surface area contributed by atoms with Crippen LogP contribution >= 0.6 is 0 Å². The first-order valence-electron chi connectivity index (χ1n) is 6.29.